The fourth-order valence-corrected chi connectivity index (χ4v) is 2.66. The number of anilines is 1. The summed E-state index contributed by atoms with van der Waals surface area (Å²) in [5.74, 6) is 0.539. The van der Waals surface area contributed by atoms with Crippen LogP contribution in [0.2, 0.25) is 0 Å². The number of fused-ring (bicyclic) bond motifs is 1. The Labute approximate surface area is 118 Å². The smallest absolute Gasteiger partial charge is 0.123 e. The molecule has 0 aromatic heterocycles. The highest BCUT2D eigenvalue weighted by Crippen LogP contribution is 2.26. The number of hydrogen-bond acceptors (Lipinski definition) is 2. The largest absolute Gasteiger partial charge is 0.489 e. The Kier molecular flexibility index (Phi) is 3.59. The second-order valence-electron chi connectivity index (χ2n) is 5.27. The standard InChI is InChI=1S/C17H18FNO/c18-15-6-8-17(19)14(9-15)11-20-16-7-5-12-3-1-2-4-13(12)10-16/h5-10H,1-4,11,19H2. The first-order chi connectivity index (χ1) is 9.72. The van der Waals surface area contributed by atoms with E-state index < -0.39 is 0 Å². The van der Waals surface area contributed by atoms with Gasteiger partial charge in [0.2, 0.25) is 0 Å². The molecule has 0 amide bonds. The number of ether oxygens (including phenoxy) is 1. The van der Waals surface area contributed by atoms with Crippen molar-refractivity contribution < 1.29 is 9.13 Å². The van der Waals surface area contributed by atoms with Crippen LogP contribution in [0.25, 0.3) is 0 Å². The van der Waals surface area contributed by atoms with E-state index in [0.29, 0.717) is 17.9 Å². The van der Waals surface area contributed by atoms with Gasteiger partial charge in [0.05, 0.1) is 0 Å². The first kappa shape index (κ1) is 13.0. The minimum absolute atomic E-state index is 0.289. The van der Waals surface area contributed by atoms with Crippen LogP contribution in [0.3, 0.4) is 0 Å². The third-order valence-corrected chi connectivity index (χ3v) is 3.82. The van der Waals surface area contributed by atoms with E-state index in [1.54, 1.807) is 6.07 Å². The van der Waals surface area contributed by atoms with Gasteiger partial charge >= 0.3 is 0 Å². The number of rotatable bonds is 3. The van der Waals surface area contributed by atoms with Crippen LogP contribution in [-0.4, -0.2) is 0 Å². The molecule has 3 rings (SSSR count). The summed E-state index contributed by atoms with van der Waals surface area (Å²) >= 11 is 0. The third-order valence-electron chi connectivity index (χ3n) is 3.82. The third kappa shape index (κ3) is 2.77. The van der Waals surface area contributed by atoms with Gasteiger partial charge in [-0.3, -0.25) is 0 Å². The lowest BCUT2D eigenvalue weighted by atomic mass is 9.92. The highest BCUT2D eigenvalue weighted by molar-refractivity contribution is 5.46. The van der Waals surface area contributed by atoms with Gasteiger partial charge in [-0.15, -0.1) is 0 Å². The Balaban J connectivity index is 1.73. The molecule has 2 nitrogen and oxygen atoms in total. The average Bonchev–Trinajstić information content (AvgIpc) is 2.48. The quantitative estimate of drug-likeness (QED) is 0.860. The van der Waals surface area contributed by atoms with Gasteiger partial charge in [0.15, 0.2) is 0 Å². The molecule has 0 heterocycles. The molecule has 3 heteroatoms. The van der Waals surface area contributed by atoms with Crippen LogP contribution >= 0.6 is 0 Å². The van der Waals surface area contributed by atoms with Gasteiger partial charge in [-0.05, 0) is 67.1 Å². The van der Waals surface area contributed by atoms with Crippen LogP contribution in [0.15, 0.2) is 36.4 Å². The number of nitrogen functional groups attached to an aromatic ring is 1. The summed E-state index contributed by atoms with van der Waals surface area (Å²) in [7, 11) is 0. The maximum Gasteiger partial charge on any atom is 0.123 e. The molecule has 2 aromatic carbocycles. The van der Waals surface area contributed by atoms with Crippen molar-refractivity contribution in [3.63, 3.8) is 0 Å². The molecule has 20 heavy (non-hydrogen) atoms. The van der Waals surface area contributed by atoms with Gasteiger partial charge in [0.1, 0.15) is 18.2 Å². The predicted molar refractivity (Wildman–Crippen MR) is 78.2 cm³/mol. The van der Waals surface area contributed by atoms with Crippen molar-refractivity contribution in [2.24, 2.45) is 0 Å². The van der Waals surface area contributed by atoms with Crippen LogP contribution in [0.1, 0.15) is 29.5 Å². The van der Waals surface area contributed by atoms with E-state index in [0.717, 1.165) is 18.6 Å². The zero-order valence-corrected chi connectivity index (χ0v) is 11.4. The van der Waals surface area contributed by atoms with Gasteiger partial charge in [0, 0.05) is 11.3 Å². The highest BCUT2D eigenvalue weighted by atomic mass is 19.1. The number of hydrogen-bond donors (Lipinski definition) is 1. The second-order valence-corrected chi connectivity index (χ2v) is 5.27. The molecule has 0 radical (unpaired) electrons. The van der Waals surface area contributed by atoms with Crippen molar-refractivity contribution in [2.45, 2.75) is 32.3 Å². The highest BCUT2D eigenvalue weighted by Gasteiger charge is 2.10. The Morgan fingerprint density at radius 3 is 2.65 bits per heavy atom. The van der Waals surface area contributed by atoms with E-state index in [-0.39, 0.29) is 5.82 Å². The first-order valence-electron chi connectivity index (χ1n) is 7.01. The Morgan fingerprint density at radius 1 is 1.00 bits per heavy atom. The zero-order valence-electron chi connectivity index (χ0n) is 11.4. The summed E-state index contributed by atoms with van der Waals surface area (Å²) in [6.45, 7) is 0.294. The van der Waals surface area contributed by atoms with Gasteiger partial charge in [-0.2, -0.15) is 0 Å². The van der Waals surface area contributed by atoms with Crippen LogP contribution in [-0.2, 0) is 19.4 Å². The van der Waals surface area contributed by atoms with Gasteiger partial charge in [0.25, 0.3) is 0 Å². The van der Waals surface area contributed by atoms with E-state index in [1.165, 1.54) is 36.1 Å². The molecule has 0 saturated heterocycles. The van der Waals surface area contributed by atoms with Crippen molar-refractivity contribution in [2.75, 3.05) is 5.73 Å². The molecule has 2 aromatic rings. The van der Waals surface area contributed by atoms with E-state index in [1.807, 2.05) is 6.07 Å². The molecule has 0 fully saturated rings. The lowest BCUT2D eigenvalue weighted by Gasteiger charge is -2.17. The molecule has 0 atom stereocenters. The maximum absolute atomic E-state index is 13.2. The number of benzene rings is 2. The lowest BCUT2D eigenvalue weighted by Crippen LogP contribution is -2.04. The minimum Gasteiger partial charge on any atom is -0.489 e. The molecule has 0 aliphatic heterocycles. The zero-order chi connectivity index (χ0) is 13.9. The van der Waals surface area contributed by atoms with Crippen LogP contribution in [0.5, 0.6) is 5.75 Å². The van der Waals surface area contributed by atoms with Crippen molar-refractivity contribution in [3.05, 3.63) is 58.9 Å². The number of halogens is 1. The molecular weight excluding hydrogens is 253 g/mol. The Bertz CT molecular complexity index is 624. The van der Waals surface area contributed by atoms with Crippen molar-refractivity contribution in [1.82, 2.24) is 0 Å². The molecule has 1 aliphatic carbocycles. The topological polar surface area (TPSA) is 35.2 Å². The van der Waals surface area contributed by atoms with Gasteiger partial charge < -0.3 is 10.5 Å². The van der Waals surface area contributed by atoms with Crippen LogP contribution in [0, 0.1) is 5.82 Å². The molecule has 0 bridgehead atoms. The summed E-state index contributed by atoms with van der Waals surface area (Å²) in [6, 6.07) is 10.6. The first-order valence-corrected chi connectivity index (χ1v) is 7.01. The van der Waals surface area contributed by atoms with E-state index in [4.69, 9.17) is 10.5 Å². The lowest BCUT2D eigenvalue weighted by molar-refractivity contribution is 0.305. The summed E-state index contributed by atoms with van der Waals surface area (Å²) in [4.78, 5) is 0. The minimum atomic E-state index is -0.289. The molecule has 1 aliphatic rings. The normalized spacial score (nSPS) is 13.8. The Hall–Kier alpha value is -2.03. The SMILES string of the molecule is Nc1ccc(F)cc1COc1ccc2c(c1)CCCC2. The summed E-state index contributed by atoms with van der Waals surface area (Å²) in [5, 5.41) is 0. The fraction of sp³-hybridized carbons (Fsp3) is 0.294. The number of aryl methyl sites for hydroxylation is 2. The second kappa shape index (κ2) is 5.53. The summed E-state index contributed by atoms with van der Waals surface area (Å²) < 4.78 is 18.9. The molecule has 0 saturated carbocycles. The molecule has 2 N–H and O–H groups in total. The number of nitrogens with two attached hydrogens (primary N) is 1. The fourth-order valence-electron chi connectivity index (χ4n) is 2.66. The Morgan fingerprint density at radius 2 is 1.80 bits per heavy atom. The molecular formula is C17H18FNO. The van der Waals surface area contributed by atoms with Crippen molar-refractivity contribution in [1.29, 1.82) is 0 Å². The molecule has 104 valence electrons. The van der Waals surface area contributed by atoms with E-state index in [2.05, 4.69) is 12.1 Å². The summed E-state index contributed by atoms with van der Waals surface area (Å²) in [5.41, 5.74) is 9.86. The molecule has 0 spiro atoms. The van der Waals surface area contributed by atoms with Gasteiger partial charge in [-0.25, -0.2) is 4.39 Å². The summed E-state index contributed by atoms with van der Waals surface area (Å²) in [6.07, 6.45) is 4.79. The van der Waals surface area contributed by atoms with Gasteiger partial charge in [-0.1, -0.05) is 6.07 Å². The van der Waals surface area contributed by atoms with E-state index >= 15 is 0 Å². The predicted octanol–water partition coefficient (Wildman–Crippen LogP) is 3.87. The van der Waals surface area contributed by atoms with E-state index in [9.17, 15) is 4.39 Å². The monoisotopic (exact) mass is 271 g/mol. The maximum atomic E-state index is 13.2. The molecule has 0 unspecified atom stereocenters. The van der Waals surface area contributed by atoms with Crippen molar-refractivity contribution in [3.8, 4) is 5.75 Å². The van der Waals surface area contributed by atoms with Crippen LogP contribution < -0.4 is 10.5 Å². The average molecular weight is 271 g/mol. The van der Waals surface area contributed by atoms with Crippen LogP contribution in [0.4, 0.5) is 10.1 Å². The van der Waals surface area contributed by atoms with Crippen molar-refractivity contribution >= 4 is 5.69 Å².